The van der Waals surface area contributed by atoms with Gasteiger partial charge in [0.15, 0.2) is 0 Å². The highest BCUT2D eigenvalue weighted by Crippen LogP contribution is 1.90. The average molecular weight is 178 g/mol. The number of allylic oxidation sites excluding steroid dienone is 1. The fourth-order valence-electron chi connectivity index (χ4n) is 0.638. The van der Waals surface area contributed by atoms with E-state index < -0.39 is 0 Å². The SMILES string of the molecule is C=N/C=C\CC(CN)=N/C=C\N=C. The third kappa shape index (κ3) is 6.83. The molecular formula is C9H14N4. The molecule has 0 atom stereocenters. The van der Waals surface area contributed by atoms with Gasteiger partial charge < -0.3 is 5.73 Å². The number of nitrogens with two attached hydrogens (primary N) is 1. The zero-order chi connectivity index (χ0) is 9.94. The molecule has 0 saturated heterocycles. The Morgan fingerprint density at radius 3 is 2.38 bits per heavy atom. The number of rotatable bonds is 6. The fourth-order valence-corrected chi connectivity index (χ4v) is 0.638. The molecule has 0 saturated carbocycles. The minimum atomic E-state index is 0.420. The minimum absolute atomic E-state index is 0.420. The molecular weight excluding hydrogens is 164 g/mol. The number of hydrogen-bond acceptors (Lipinski definition) is 4. The topological polar surface area (TPSA) is 63.1 Å². The van der Waals surface area contributed by atoms with Crippen molar-refractivity contribution in [2.24, 2.45) is 20.7 Å². The van der Waals surface area contributed by atoms with Gasteiger partial charge in [-0.3, -0.25) is 15.0 Å². The first-order valence-corrected chi connectivity index (χ1v) is 3.82. The van der Waals surface area contributed by atoms with Crippen molar-refractivity contribution in [2.75, 3.05) is 6.54 Å². The van der Waals surface area contributed by atoms with Crippen LogP contribution < -0.4 is 5.73 Å². The summed E-state index contributed by atoms with van der Waals surface area (Å²) in [6.07, 6.45) is 7.20. The molecule has 0 aliphatic carbocycles. The van der Waals surface area contributed by atoms with E-state index in [1.165, 1.54) is 6.20 Å². The van der Waals surface area contributed by atoms with Crippen molar-refractivity contribution in [2.45, 2.75) is 6.42 Å². The molecule has 0 spiro atoms. The Balaban J connectivity index is 4.07. The predicted molar refractivity (Wildman–Crippen MR) is 58.5 cm³/mol. The molecule has 0 unspecified atom stereocenters. The van der Waals surface area contributed by atoms with Crippen LogP contribution in [-0.4, -0.2) is 25.7 Å². The predicted octanol–water partition coefficient (Wildman–Crippen LogP) is 1.16. The maximum atomic E-state index is 5.45. The molecule has 0 aromatic heterocycles. The maximum Gasteiger partial charge on any atom is 0.0450 e. The Bertz CT molecular complexity index is 238. The van der Waals surface area contributed by atoms with Crippen LogP contribution in [0.3, 0.4) is 0 Å². The molecule has 0 radical (unpaired) electrons. The zero-order valence-corrected chi connectivity index (χ0v) is 7.56. The molecule has 0 aromatic rings. The maximum absolute atomic E-state index is 5.45. The van der Waals surface area contributed by atoms with Gasteiger partial charge in [-0.1, -0.05) is 6.08 Å². The quantitative estimate of drug-likeness (QED) is 0.609. The Labute approximate surface area is 78.3 Å². The summed E-state index contributed by atoms with van der Waals surface area (Å²) in [5.74, 6) is 0. The number of aliphatic imine (C=N–C) groups is 3. The van der Waals surface area contributed by atoms with Crippen molar-refractivity contribution in [3.8, 4) is 0 Å². The molecule has 2 N–H and O–H groups in total. The minimum Gasteiger partial charge on any atom is -0.325 e. The van der Waals surface area contributed by atoms with E-state index in [9.17, 15) is 0 Å². The summed E-state index contributed by atoms with van der Waals surface area (Å²) in [5, 5.41) is 0. The van der Waals surface area contributed by atoms with Crippen molar-refractivity contribution in [3.05, 3.63) is 24.7 Å². The van der Waals surface area contributed by atoms with Crippen molar-refractivity contribution in [1.82, 2.24) is 0 Å². The molecule has 0 aromatic carbocycles. The summed E-state index contributed by atoms with van der Waals surface area (Å²) in [7, 11) is 0. The summed E-state index contributed by atoms with van der Waals surface area (Å²) >= 11 is 0. The lowest BCUT2D eigenvalue weighted by Crippen LogP contribution is -2.12. The van der Waals surface area contributed by atoms with Gasteiger partial charge in [0, 0.05) is 37.3 Å². The molecule has 0 aliphatic heterocycles. The van der Waals surface area contributed by atoms with Crippen LogP contribution in [0, 0.1) is 0 Å². The van der Waals surface area contributed by atoms with E-state index in [0.717, 1.165) is 5.71 Å². The van der Waals surface area contributed by atoms with Crippen molar-refractivity contribution < 1.29 is 0 Å². The largest absolute Gasteiger partial charge is 0.325 e. The Hall–Kier alpha value is -1.55. The lowest BCUT2D eigenvalue weighted by atomic mass is 10.2. The Kier molecular flexibility index (Phi) is 7.53. The molecule has 4 nitrogen and oxygen atoms in total. The molecule has 0 amide bonds. The van der Waals surface area contributed by atoms with Crippen LogP contribution in [0.2, 0.25) is 0 Å². The average Bonchev–Trinajstić information content (AvgIpc) is 2.16. The van der Waals surface area contributed by atoms with Gasteiger partial charge in [0.1, 0.15) is 0 Å². The monoisotopic (exact) mass is 178 g/mol. The molecule has 13 heavy (non-hydrogen) atoms. The first-order chi connectivity index (χ1) is 6.35. The van der Waals surface area contributed by atoms with Crippen LogP contribution in [0.15, 0.2) is 39.7 Å². The second-order valence-corrected chi connectivity index (χ2v) is 2.15. The van der Waals surface area contributed by atoms with Crippen molar-refractivity contribution >= 4 is 19.1 Å². The molecule has 0 bridgehead atoms. The van der Waals surface area contributed by atoms with Crippen molar-refractivity contribution in [3.63, 3.8) is 0 Å². The smallest absolute Gasteiger partial charge is 0.0450 e. The summed E-state index contributed by atoms with van der Waals surface area (Å²) in [4.78, 5) is 11.1. The highest BCUT2D eigenvalue weighted by Gasteiger charge is 1.89. The lowest BCUT2D eigenvalue weighted by molar-refractivity contribution is 1.22. The molecule has 0 aliphatic rings. The van der Waals surface area contributed by atoms with E-state index in [4.69, 9.17) is 5.73 Å². The first-order valence-electron chi connectivity index (χ1n) is 3.82. The molecule has 0 rings (SSSR count). The molecule has 70 valence electrons. The van der Waals surface area contributed by atoms with Gasteiger partial charge in [-0.15, -0.1) is 0 Å². The number of hydrogen-bond donors (Lipinski definition) is 1. The summed E-state index contributed by atoms with van der Waals surface area (Å²) in [6, 6.07) is 0. The Morgan fingerprint density at radius 2 is 1.85 bits per heavy atom. The highest BCUT2D eigenvalue weighted by molar-refractivity contribution is 5.87. The van der Waals surface area contributed by atoms with Crippen LogP contribution in [0.1, 0.15) is 6.42 Å². The van der Waals surface area contributed by atoms with Gasteiger partial charge in [0.05, 0.1) is 0 Å². The van der Waals surface area contributed by atoms with Crippen LogP contribution >= 0.6 is 0 Å². The van der Waals surface area contributed by atoms with Gasteiger partial charge in [-0.25, -0.2) is 0 Å². The van der Waals surface area contributed by atoms with Gasteiger partial charge in [-0.05, 0) is 13.4 Å². The molecule has 0 heterocycles. The van der Waals surface area contributed by atoms with Crippen LogP contribution in [0.5, 0.6) is 0 Å². The van der Waals surface area contributed by atoms with Crippen molar-refractivity contribution in [1.29, 1.82) is 0 Å². The van der Waals surface area contributed by atoms with E-state index in [1.54, 1.807) is 12.4 Å². The van der Waals surface area contributed by atoms with Crippen LogP contribution in [-0.2, 0) is 0 Å². The second kappa shape index (κ2) is 8.55. The molecule has 4 heteroatoms. The third-order valence-corrected chi connectivity index (χ3v) is 1.23. The second-order valence-electron chi connectivity index (χ2n) is 2.15. The van der Waals surface area contributed by atoms with E-state index in [2.05, 4.69) is 28.4 Å². The summed E-state index contributed by atoms with van der Waals surface area (Å²) < 4.78 is 0. The normalized spacial score (nSPS) is 12.5. The van der Waals surface area contributed by atoms with Gasteiger partial charge in [0.2, 0.25) is 0 Å². The van der Waals surface area contributed by atoms with E-state index in [0.29, 0.717) is 13.0 Å². The zero-order valence-electron chi connectivity index (χ0n) is 7.56. The van der Waals surface area contributed by atoms with E-state index in [-0.39, 0.29) is 0 Å². The van der Waals surface area contributed by atoms with Gasteiger partial charge >= 0.3 is 0 Å². The third-order valence-electron chi connectivity index (χ3n) is 1.23. The first kappa shape index (κ1) is 11.4. The van der Waals surface area contributed by atoms with Crippen LogP contribution in [0.25, 0.3) is 0 Å². The Morgan fingerprint density at radius 1 is 1.15 bits per heavy atom. The van der Waals surface area contributed by atoms with Gasteiger partial charge in [0.25, 0.3) is 0 Å². The summed E-state index contributed by atoms with van der Waals surface area (Å²) in [6.45, 7) is 7.02. The van der Waals surface area contributed by atoms with E-state index >= 15 is 0 Å². The fraction of sp³-hybridized carbons (Fsp3) is 0.222. The van der Waals surface area contributed by atoms with Gasteiger partial charge in [-0.2, -0.15) is 0 Å². The highest BCUT2D eigenvalue weighted by atomic mass is 14.8. The van der Waals surface area contributed by atoms with E-state index in [1.807, 2.05) is 6.08 Å². The summed E-state index contributed by atoms with van der Waals surface area (Å²) in [5.41, 5.74) is 6.31. The lowest BCUT2D eigenvalue weighted by Gasteiger charge is -1.95. The standard InChI is InChI=1S/C9H14N4/c1-11-5-3-4-9(8-10)13-7-6-12-2/h3,5-7H,1-2,4,8,10H2/b5-3-,7-6-,13-9?. The molecule has 0 fully saturated rings. The number of nitrogens with zero attached hydrogens (tertiary/aromatic N) is 3. The van der Waals surface area contributed by atoms with Crippen LogP contribution in [0.4, 0.5) is 0 Å².